The van der Waals surface area contributed by atoms with Gasteiger partial charge in [0, 0.05) is 23.9 Å². The molecule has 3 rings (SSSR count). The van der Waals surface area contributed by atoms with Gasteiger partial charge in [0.1, 0.15) is 0 Å². The standard InChI is InChI=1S/C20H18N2O/c1-22(19-10-6-5-9-18(19)21)17-13-11-16(12-14-17)20(23)15-7-3-2-4-8-15/h2-14H,21H2,1H3. The van der Waals surface area contributed by atoms with Crippen LogP contribution in [0.4, 0.5) is 17.1 Å². The molecule has 0 saturated heterocycles. The van der Waals surface area contributed by atoms with Crippen molar-refractivity contribution in [3.8, 4) is 0 Å². The maximum absolute atomic E-state index is 12.4. The lowest BCUT2D eigenvalue weighted by atomic mass is 10.0. The number of benzene rings is 3. The molecular formula is C20H18N2O. The van der Waals surface area contributed by atoms with Crippen molar-refractivity contribution in [2.45, 2.75) is 0 Å². The summed E-state index contributed by atoms with van der Waals surface area (Å²) < 4.78 is 0. The minimum atomic E-state index is 0.0269. The minimum absolute atomic E-state index is 0.0269. The van der Waals surface area contributed by atoms with Crippen molar-refractivity contribution in [3.05, 3.63) is 90.0 Å². The summed E-state index contributed by atoms with van der Waals surface area (Å²) in [5.74, 6) is 0.0269. The molecule has 0 amide bonds. The van der Waals surface area contributed by atoms with E-state index in [9.17, 15) is 4.79 Å². The summed E-state index contributed by atoms with van der Waals surface area (Å²) in [7, 11) is 1.96. The van der Waals surface area contributed by atoms with Crippen molar-refractivity contribution >= 4 is 22.8 Å². The summed E-state index contributed by atoms with van der Waals surface area (Å²) in [6.45, 7) is 0. The number of hydrogen-bond donors (Lipinski definition) is 1. The molecule has 0 atom stereocenters. The number of ketones is 1. The molecule has 3 heteroatoms. The summed E-state index contributed by atoms with van der Waals surface area (Å²) >= 11 is 0. The molecule has 0 aliphatic carbocycles. The monoisotopic (exact) mass is 302 g/mol. The Hall–Kier alpha value is -3.07. The largest absolute Gasteiger partial charge is 0.397 e. The van der Waals surface area contributed by atoms with Crippen LogP contribution in [0.5, 0.6) is 0 Å². The zero-order valence-electron chi connectivity index (χ0n) is 12.9. The van der Waals surface area contributed by atoms with Crippen LogP contribution in [0.3, 0.4) is 0 Å². The zero-order valence-corrected chi connectivity index (χ0v) is 12.9. The Morgan fingerprint density at radius 2 is 1.35 bits per heavy atom. The second-order valence-corrected chi connectivity index (χ2v) is 5.36. The number of carbonyl (C=O) groups excluding carboxylic acids is 1. The zero-order chi connectivity index (χ0) is 16.2. The van der Waals surface area contributed by atoms with E-state index in [1.165, 1.54) is 0 Å². The third kappa shape index (κ3) is 3.09. The van der Waals surface area contributed by atoms with Crippen LogP contribution in [0.25, 0.3) is 0 Å². The van der Waals surface area contributed by atoms with E-state index in [0.29, 0.717) is 11.1 Å². The summed E-state index contributed by atoms with van der Waals surface area (Å²) in [4.78, 5) is 14.4. The average Bonchev–Trinajstić information content (AvgIpc) is 2.62. The van der Waals surface area contributed by atoms with Gasteiger partial charge in [-0.2, -0.15) is 0 Å². The van der Waals surface area contributed by atoms with Crippen LogP contribution in [-0.4, -0.2) is 12.8 Å². The Labute approximate surface area is 136 Å². The van der Waals surface area contributed by atoms with Crippen LogP contribution < -0.4 is 10.6 Å². The molecule has 3 nitrogen and oxygen atoms in total. The number of carbonyl (C=O) groups is 1. The Morgan fingerprint density at radius 1 is 0.783 bits per heavy atom. The Morgan fingerprint density at radius 3 is 2.00 bits per heavy atom. The molecule has 0 spiro atoms. The van der Waals surface area contributed by atoms with Gasteiger partial charge in [-0.15, -0.1) is 0 Å². The van der Waals surface area contributed by atoms with Crippen molar-refractivity contribution < 1.29 is 4.79 Å². The first kappa shape index (κ1) is 14.9. The molecule has 0 saturated carbocycles. The normalized spacial score (nSPS) is 10.3. The Balaban J connectivity index is 1.85. The van der Waals surface area contributed by atoms with Gasteiger partial charge in [0.2, 0.25) is 0 Å². The van der Waals surface area contributed by atoms with E-state index >= 15 is 0 Å². The predicted octanol–water partition coefficient (Wildman–Crippen LogP) is 4.27. The van der Waals surface area contributed by atoms with Gasteiger partial charge in [0.05, 0.1) is 11.4 Å². The van der Waals surface area contributed by atoms with Crippen molar-refractivity contribution in [3.63, 3.8) is 0 Å². The van der Waals surface area contributed by atoms with Gasteiger partial charge in [-0.05, 0) is 36.4 Å². The van der Waals surface area contributed by atoms with Gasteiger partial charge in [-0.1, -0.05) is 42.5 Å². The van der Waals surface area contributed by atoms with E-state index in [4.69, 9.17) is 5.73 Å². The maximum atomic E-state index is 12.4. The van der Waals surface area contributed by atoms with Crippen molar-refractivity contribution in [1.82, 2.24) is 0 Å². The molecule has 3 aromatic carbocycles. The maximum Gasteiger partial charge on any atom is 0.193 e. The number of anilines is 3. The quantitative estimate of drug-likeness (QED) is 0.578. The number of nitrogens with two attached hydrogens (primary N) is 1. The highest BCUT2D eigenvalue weighted by atomic mass is 16.1. The fraction of sp³-hybridized carbons (Fsp3) is 0.0500. The second-order valence-electron chi connectivity index (χ2n) is 5.36. The van der Waals surface area contributed by atoms with E-state index in [1.54, 1.807) is 0 Å². The second kappa shape index (κ2) is 6.36. The first-order chi connectivity index (χ1) is 11.2. The van der Waals surface area contributed by atoms with Gasteiger partial charge < -0.3 is 10.6 Å². The first-order valence-electron chi connectivity index (χ1n) is 7.45. The number of nitrogens with zero attached hydrogens (tertiary/aromatic N) is 1. The van der Waals surface area contributed by atoms with Gasteiger partial charge in [0.15, 0.2) is 5.78 Å². The lowest BCUT2D eigenvalue weighted by molar-refractivity contribution is 0.103. The van der Waals surface area contributed by atoms with E-state index in [2.05, 4.69) is 0 Å². The molecule has 0 heterocycles. The minimum Gasteiger partial charge on any atom is -0.397 e. The molecule has 3 aromatic rings. The lowest BCUT2D eigenvalue weighted by Gasteiger charge is -2.21. The van der Waals surface area contributed by atoms with Crippen molar-refractivity contribution in [2.75, 3.05) is 17.7 Å². The van der Waals surface area contributed by atoms with Gasteiger partial charge in [-0.25, -0.2) is 0 Å². The smallest absolute Gasteiger partial charge is 0.193 e. The Kier molecular flexibility index (Phi) is 4.11. The molecule has 0 aliphatic rings. The van der Waals surface area contributed by atoms with Crippen LogP contribution in [0.2, 0.25) is 0 Å². The fourth-order valence-corrected chi connectivity index (χ4v) is 2.52. The van der Waals surface area contributed by atoms with Crippen LogP contribution in [0.1, 0.15) is 15.9 Å². The summed E-state index contributed by atoms with van der Waals surface area (Å²) in [5.41, 5.74) is 10.0. The molecule has 0 unspecified atom stereocenters. The molecule has 0 bridgehead atoms. The highest BCUT2D eigenvalue weighted by Gasteiger charge is 2.10. The lowest BCUT2D eigenvalue weighted by Crippen LogP contribution is -2.11. The van der Waals surface area contributed by atoms with Gasteiger partial charge >= 0.3 is 0 Å². The van der Waals surface area contributed by atoms with E-state index in [1.807, 2.05) is 90.8 Å². The Bertz CT molecular complexity index is 811. The number of nitrogen functional groups attached to an aromatic ring is 1. The topological polar surface area (TPSA) is 46.3 Å². The number of hydrogen-bond acceptors (Lipinski definition) is 3. The SMILES string of the molecule is CN(c1ccc(C(=O)c2ccccc2)cc1)c1ccccc1N. The highest BCUT2D eigenvalue weighted by Crippen LogP contribution is 2.28. The van der Waals surface area contributed by atoms with E-state index < -0.39 is 0 Å². The number of para-hydroxylation sites is 2. The van der Waals surface area contributed by atoms with E-state index in [0.717, 1.165) is 17.1 Å². The van der Waals surface area contributed by atoms with Gasteiger partial charge in [-0.3, -0.25) is 4.79 Å². The van der Waals surface area contributed by atoms with Crippen LogP contribution >= 0.6 is 0 Å². The highest BCUT2D eigenvalue weighted by molar-refractivity contribution is 6.09. The molecule has 23 heavy (non-hydrogen) atoms. The number of rotatable bonds is 4. The first-order valence-corrected chi connectivity index (χ1v) is 7.45. The molecular weight excluding hydrogens is 284 g/mol. The third-order valence-electron chi connectivity index (χ3n) is 3.85. The summed E-state index contributed by atoms with van der Waals surface area (Å²) in [6, 6.07) is 24.6. The molecule has 114 valence electrons. The van der Waals surface area contributed by atoms with Crippen LogP contribution in [0.15, 0.2) is 78.9 Å². The predicted molar refractivity (Wildman–Crippen MR) is 95.2 cm³/mol. The van der Waals surface area contributed by atoms with Crippen molar-refractivity contribution in [1.29, 1.82) is 0 Å². The molecule has 0 fully saturated rings. The molecule has 0 aliphatic heterocycles. The molecule has 0 aromatic heterocycles. The third-order valence-corrected chi connectivity index (χ3v) is 3.85. The van der Waals surface area contributed by atoms with E-state index in [-0.39, 0.29) is 5.78 Å². The van der Waals surface area contributed by atoms with Crippen molar-refractivity contribution in [2.24, 2.45) is 0 Å². The van der Waals surface area contributed by atoms with Crippen LogP contribution in [-0.2, 0) is 0 Å². The van der Waals surface area contributed by atoms with Gasteiger partial charge in [0.25, 0.3) is 0 Å². The molecule has 2 N–H and O–H groups in total. The molecule has 0 radical (unpaired) electrons. The summed E-state index contributed by atoms with van der Waals surface area (Å²) in [6.07, 6.45) is 0. The summed E-state index contributed by atoms with van der Waals surface area (Å²) in [5, 5.41) is 0. The average molecular weight is 302 g/mol. The van der Waals surface area contributed by atoms with Crippen LogP contribution in [0, 0.1) is 0 Å². The fourth-order valence-electron chi connectivity index (χ4n) is 2.52.